The summed E-state index contributed by atoms with van der Waals surface area (Å²) >= 11 is 0. The second kappa shape index (κ2) is 6.76. The Bertz CT molecular complexity index is 1070. The first kappa shape index (κ1) is 18.5. The number of ether oxygens (including phenoxy) is 1. The molecule has 4 atom stereocenters. The van der Waals surface area contributed by atoms with Gasteiger partial charge in [0.25, 0.3) is 5.69 Å². The Morgan fingerprint density at radius 2 is 1.67 bits per heavy atom. The Labute approximate surface area is 171 Å². The molecule has 2 amide bonds. The molecule has 3 fully saturated rings. The van der Waals surface area contributed by atoms with Gasteiger partial charge in [-0.2, -0.15) is 0 Å². The Morgan fingerprint density at radius 1 is 1.00 bits per heavy atom. The zero-order valence-corrected chi connectivity index (χ0v) is 15.9. The maximum Gasteiger partial charge on any atom is 0.343 e. The molecule has 2 aromatic rings. The zero-order valence-electron chi connectivity index (χ0n) is 15.9. The van der Waals surface area contributed by atoms with Crippen molar-refractivity contribution in [3.05, 3.63) is 64.2 Å². The van der Waals surface area contributed by atoms with Crippen molar-refractivity contribution in [2.24, 2.45) is 23.7 Å². The van der Waals surface area contributed by atoms with E-state index in [0.717, 1.165) is 25.3 Å². The molecular weight excluding hydrogens is 388 g/mol. The molecule has 2 saturated carbocycles. The second-order valence-corrected chi connectivity index (χ2v) is 8.09. The van der Waals surface area contributed by atoms with Crippen molar-refractivity contribution < 1.29 is 24.0 Å². The number of benzene rings is 2. The summed E-state index contributed by atoms with van der Waals surface area (Å²) in [5.74, 6) is -0.819. The molecule has 8 nitrogen and oxygen atoms in total. The number of non-ortho nitro benzene ring substituents is 1. The third kappa shape index (κ3) is 2.79. The van der Waals surface area contributed by atoms with Gasteiger partial charge in [0.1, 0.15) is 5.75 Å². The van der Waals surface area contributed by atoms with Crippen LogP contribution in [-0.2, 0) is 9.59 Å². The summed E-state index contributed by atoms with van der Waals surface area (Å²) in [6.45, 7) is 0. The second-order valence-electron chi connectivity index (χ2n) is 8.09. The van der Waals surface area contributed by atoms with Crippen LogP contribution >= 0.6 is 0 Å². The molecule has 1 heterocycles. The lowest BCUT2D eigenvalue weighted by molar-refractivity contribution is -0.384. The Balaban J connectivity index is 1.38. The monoisotopic (exact) mass is 406 g/mol. The van der Waals surface area contributed by atoms with Gasteiger partial charge in [0.2, 0.25) is 11.8 Å². The summed E-state index contributed by atoms with van der Waals surface area (Å²) in [5.41, 5.74) is 0.199. The molecule has 2 aromatic carbocycles. The predicted octanol–water partition coefficient (Wildman–Crippen LogP) is 3.35. The molecule has 0 aromatic heterocycles. The molecule has 2 aliphatic carbocycles. The molecule has 0 N–H and O–H groups in total. The van der Waals surface area contributed by atoms with E-state index in [4.69, 9.17) is 4.74 Å². The van der Waals surface area contributed by atoms with E-state index < -0.39 is 10.9 Å². The van der Waals surface area contributed by atoms with Crippen molar-refractivity contribution in [1.29, 1.82) is 0 Å². The quantitative estimate of drug-likeness (QED) is 0.253. The van der Waals surface area contributed by atoms with Crippen LogP contribution in [0.15, 0.2) is 48.5 Å². The van der Waals surface area contributed by atoms with Crippen molar-refractivity contribution in [3.8, 4) is 5.75 Å². The van der Waals surface area contributed by atoms with E-state index in [2.05, 4.69) is 0 Å². The lowest BCUT2D eigenvalue weighted by Crippen LogP contribution is -2.32. The van der Waals surface area contributed by atoms with E-state index in [-0.39, 0.29) is 52.5 Å². The highest BCUT2D eigenvalue weighted by Gasteiger charge is 2.61. The van der Waals surface area contributed by atoms with Crippen LogP contribution in [0.3, 0.4) is 0 Å². The maximum atomic E-state index is 13.0. The number of nitrogens with zero attached hydrogens (tertiary/aromatic N) is 2. The van der Waals surface area contributed by atoms with Gasteiger partial charge >= 0.3 is 5.97 Å². The molecule has 5 rings (SSSR count). The van der Waals surface area contributed by atoms with Gasteiger partial charge in [-0.25, -0.2) is 9.69 Å². The molecule has 0 spiro atoms. The SMILES string of the molecule is O=C(Oc1cccc(N2C(=O)[C@@H]3[C@@H]4CC[C@@H](C4)[C@@H]3C2=O)c1)c1cccc([N+](=O)[O-])c1. The highest BCUT2D eigenvalue weighted by Crippen LogP contribution is 2.56. The smallest absolute Gasteiger partial charge is 0.343 e. The van der Waals surface area contributed by atoms with Gasteiger partial charge in [0.05, 0.1) is 28.0 Å². The van der Waals surface area contributed by atoms with Crippen LogP contribution in [0.4, 0.5) is 11.4 Å². The number of imide groups is 1. The molecule has 8 heteroatoms. The first-order chi connectivity index (χ1) is 14.4. The summed E-state index contributed by atoms with van der Waals surface area (Å²) in [6, 6.07) is 11.5. The first-order valence-electron chi connectivity index (χ1n) is 9.88. The molecule has 0 radical (unpaired) electrons. The minimum atomic E-state index is -0.759. The molecule has 1 saturated heterocycles. The third-order valence-electron chi connectivity index (χ3n) is 6.51. The fourth-order valence-electron chi connectivity index (χ4n) is 5.26. The van der Waals surface area contributed by atoms with Gasteiger partial charge < -0.3 is 4.74 Å². The number of rotatable bonds is 4. The van der Waals surface area contributed by atoms with Gasteiger partial charge in [0, 0.05) is 18.2 Å². The normalized spacial score (nSPS) is 26.7. The van der Waals surface area contributed by atoms with E-state index >= 15 is 0 Å². The van der Waals surface area contributed by atoms with E-state index in [1.807, 2.05) is 0 Å². The number of hydrogen-bond acceptors (Lipinski definition) is 6. The Kier molecular flexibility index (Phi) is 4.16. The van der Waals surface area contributed by atoms with E-state index in [9.17, 15) is 24.5 Å². The number of esters is 1. The molecule has 152 valence electrons. The number of carbonyl (C=O) groups excluding carboxylic acids is 3. The largest absolute Gasteiger partial charge is 0.423 e. The standard InChI is InChI=1S/C22H18N2O6/c25-20-18-12-7-8-13(9-12)19(18)21(26)23(20)15-4-2-6-17(11-15)30-22(27)14-3-1-5-16(10-14)24(28)29/h1-6,10-13,18-19H,7-9H2/t12-,13+,18-,19+. The molecular formula is C22H18N2O6. The number of carbonyl (C=O) groups is 3. The number of amides is 2. The van der Waals surface area contributed by atoms with Gasteiger partial charge in [-0.1, -0.05) is 12.1 Å². The highest BCUT2D eigenvalue weighted by molar-refractivity contribution is 6.22. The van der Waals surface area contributed by atoms with E-state index in [1.165, 1.54) is 35.2 Å². The third-order valence-corrected chi connectivity index (χ3v) is 6.51. The van der Waals surface area contributed by atoms with Crippen LogP contribution in [0.25, 0.3) is 0 Å². The zero-order chi connectivity index (χ0) is 21.0. The van der Waals surface area contributed by atoms with E-state index in [0.29, 0.717) is 5.69 Å². The van der Waals surface area contributed by atoms with Crippen molar-refractivity contribution in [1.82, 2.24) is 0 Å². The van der Waals surface area contributed by atoms with Gasteiger partial charge in [-0.05, 0) is 49.3 Å². The number of hydrogen-bond donors (Lipinski definition) is 0. The van der Waals surface area contributed by atoms with Crippen LogP contribution in [0, 0.1) is 33.8 Å². The van der Waals surface area contributed by atoms with Crippen molar-refractivity contribution in [3.63, 3.8) is 0 Å². The summed E-state index contributed by atoms with van der Waals surface area (Å²) in [7, 11) is 0. The van der Waals surface area contributed by atoms with Gasteiger partial charge in [0.15, 0.2) is 0 Å². The number of fused-ring (bicyclic) bond motifs is 5. The summed E-state index contributed by atoms with van der Waals surface area (Å²) in [5, 5.41) is 10.9. The Hall–Kier alpha value is -3.55. The average Bonchev–Trinajstić information content (AvgIpc) is 3.42. The van der Waals surface area contributed by atoms with Crippen LogP contribution < -0.4 is 9.64 Å². The topological polar surface area (TPSA) is 107 Å². The predicted molar refractivity (Wildman–Crippen MR) is 105 cm³/mol. The lowest BCUT2D eigenvalue weighted by atomic mass is 9.81. The average molecular weight is 406 g/mol. The maximum absolute atomic E-state index is 13.0. The summed E-state index contributed by atoms with van der Waals surface area (Å²) < 4.78 is 5.34. The first-order valence-corrected chi connectivity index (χ1v) is 9.88. The fourth-order valence-corrected chi connectivity index (χ4v) is 5.26. The van der Waals surface area contributed by atoms with E-state index in [1.54, 1.807) is 12.1 Å². The molecule has 3 aliphatic rings. The fraction of sp³-hybridized carbons (Fsp3) is 0.318. The summed E-state index contributed by atoms with van der Waals surface area (Å²) in [6.07, 6.45) is 2.96. The number of anilines is 1. The van der Waals surface area contributed by atoms with Crippen LogP contribution in [-0.4, -0.2) is 22.7 Å². The minimum absolute atomic E-state index is 0.0361. The van der Waals surface area contributed by atoms with Gasteiger partial charge in [-0.15, -0.1) is 0 Å². The van der Waals surface area contributed by atoms with Crippen molar-refractivity contribution in [2.75, 3.05) is 4.90 Å². The van der Waals surface area contributed by atoms with Crippen LogP contribution in [0.2, 0.25) is 0 Å². The lowest BCUT2D eigenvalue weighted by Gasteiger charge is -2.19. The highest BCUT2D eigenvalue weighted by atomic mass is 16.6. The molecule has 1 aliphatic heterocycles. The van der Waals surface area contributed by atoms with Crippen LogP contribution in [0.5, 0.6) is 5.75 Å². The number of nitro benzene ring substituents is 1. The number of nitro groups is 1. The molecule has 2 bridgehead atoms. The van der Waals surface area contributed by atoms with Crippen molar-refractivity contribution >= 4 is 29.2 Å². The van der Waals surface area contributed by atoms with Crippen molar-refractivity contribution in [2.45, 2.75) is 19.3 Å². The molecule has 30 heavy (non-hydrogen) atoms. The minimum Gasteiger partial charge on any atom is -0.423 e. The summed E-state index contributed by atoms with van der Waals surface area (Å²) in [4.78, 5) is 49.9. The van der Waals surface area contributed by atoms with Crippen LogP contribution in [0.1, 0.15) is 29.6 Å². The molecule has 0 unspecified atom stereocenters. The van der Waals surface area contributed by atoms with Gasteiger partial charge in [-0.3, -0.25) is 19.7 Å². The Morgan fingerprint density at radius 3 is 2.33 bits per heavy atom.